The van der Waals surface area contributed by atoms with E-state index in [9.17, 15) is 112 Å². The van der Waals surface area contributed by atoms with Crippen LogP contribution in [0.4, 0.5) is 0 Å². The first-order chi connectivity index (χ1) is 56.6. The minimum Gasteiger partial charge on any atom is -0.493 e. The summed E-state index contributed by atoms with van der Waals surface area (Å²) in [6.45, 7) is 8.28. The van der Waals surface area contributed by atoms with Crippen LogP contribution in [0.25, 0.3) is 6.08 Å². The first-order valence-electron chi connectivity index (χ1n) is 41.0. The van der Waals surface area contributed by atoms with E-state index in [4.69, 9.17) is 80.5 Å². The summed E-state index contributed by atoms with van der Waals surface area (Å²) in [5.41, 5.74) is -5.93. The molecule has 11 fully saturated rings. The number of carbonyl (C=O) groups excluding carboxylic acids is 2. The van der Waals surface area contributed by atoms with Gasteiger partial charge in [-0.15, -0.1) is 0 Å². The van der Waals surface area contributed by atoms with Crippen molar-refractivity contribution in [3.05, 3.63) is 41.5 Å². The molecule has 0 unspecified atom stereocenters. The molecule has 7 saturated heterocycles. The lowest BCUT2D eigenvalue weighted by Gasteiger charge is -2.71. The second kappa shape index (κ2) is 36.3. The van der Waals surface area contributed by atoms with Crippen LogP contribution < -0.4 is 9.47 Å². The SMILES string of the molecule is COc1ccc(/C=C/C(=O)O[C@@H]2[C@H](O[C@@H]3O[C@H](CO)[C@@H](O)[C@H](O[C@@H]4OC[C@@H](O)[C@H](O)[C@H]4O)[C@H]3O)[C@@H](O[C@@H]3O[C@@H](C)[C@H](O[C@@H]4OC[C@@H](O[C@@H]5OC[C@H](O)[C@H](O)[C@H]5O)[C@H](O)[C@H]4O)[C@@H](O)[C@H]3O)[C@H](OC(=O)[C@]34CCC(C)(C)C[C@H]3C3=CC[C@@H]5[C@@]6(C)C[C@H](O)[C@H](O[C@@H]7O[C@H](CO)[C@@H](O)[C@H](O)[C@H]7O)[C@@](C)(C(=O)O)[C@@H]6CC[C@@]5(C)[C@]3(CO)CC4)O[C@@H]2C)cc1OC. The van der Waals surface area contributed by atoms with Crippen LogP contribution in [0.1, 0.15) is 112 Å². The zero-order valence-electron chi connectivity index (χ0n) is 68.0. The number of carboxylic acids is 1. The van der Waals surface area contributed by atoms with Crippen molar-refractivity contribution in [2.75, 3.05) is 53.9 Å². The van der Waals surface area contributed by atoms with Crippen LogP contribution in [-0.4, -0.2) is 383 Å². The third kappa shape index (κ3) is 16.7. The Morgan fingerprint density at radius 1 is 0.492 bits per heavy atom. The average Bonchev–Trinajstić information content (AvgIpc) is 0.667. The summed E-state index contributed by atoms with van der Waals surface area (Å²) < 4.78 is 103. The lowest BCUT2D eigenvalue weighted by atomic mass is 9.33. The first-order valence-corrected chi connectivity index (χ1v) is 41.0. The summed E-state index contributed by atoms with van der Waals surface area (Å²) in [5.74, 6) is -4.72. The van der Waals surface area contributed by atoms with Crippen LogP contribution >= 0.6 is 0 Å². The molecule has 680 valence electrons. The van der Waals surface area contributed by atoms with E-state index in [1.54, 1.807) is 18.2 Å². The minimum absolute atomic E-state index is 0.0222. The van der Waals surface area contributed by atoms with Gasteiger partial charge in [-0.3, -0.25) is 9.59 Å². The van der Waals surface area contributed by atoms with Crippen LogP contribution in [0.2, 0.25) is 0 Å². The molecule has 7 aliphatic heterocycles. The lowest BCUT2D eigenvalue weighted by Crippen LogP contribution is -2.71. The highest BCUT2D eigenvalue weighted by molar-refractivity contribution is 5.87. The van der Waals surface area contributed by atoms with Crippen LogP contribution in [-0.2, 0) is 85.4 Å². The molecular formula is C80H120O40. The Kier molecular flexibility index (Phi) is 28.1. The van der Waals surface area contributed by atoms with Crippen molar-refractivity contribution in [1.29, 1.82) is 0 Å². The number of carboxylic acid groups (broad SMARTS) is 1. The normalized spacial score (nSPS) is 49.6. The van der Waals surface area contributed by atoms with Crippen molar-refractivity contribution >= 4 is 24.0 Å². The summed E-state index contributed by atoms with van der Waals surface area (Å²) in [7, 11) is 2.82. The largest absolute Gasteiger partial charge is 0.493 e. The molecule has 12 aliphatic rings. The van der Waals surface area contributed by atoms with E-state index in [1.807, 2.05) is 33.8 Å². The molecule has 40 heteroatoms. The van der Waals surface area contributed by atoms with Crippen molar-refractivity contribution in [3.63, 3.8) is 0 Å². The van der Waals surface area contributed by atoms with Crippen molar-refractivity contribution in [2.24, 2.45) is 50.2 Å². The van der Waals surface area contributed by atoms with Gasteiger partial charge in [0.1, 0.15) is 134 Å². The van der Waals surface area contributed by atoms with E-state index in [0.29, 0.717) is 30.6 Å². The number of carbonyl (C=O) groups is 3. The number of rotatable bonds is 23. The summed E-state index contributed by atoms with van der Waals surface area (Å²) in [4.78, 5) is 45.3. The monoisotopic (exact) mass is 1720 g/mol. The summed E-state index contributed by atoms with van der Waals surface area (Å²) in [5, 5.41) is 224. The fourth-order valence-corrected chi connectivity index (χ4v) is 21.7. The summed E-state index contributed by atoms with van der Waals surface area (Å²) >= 11 is 0. The van der Waals surface area contributed by atoms with E-state index >= 15 is 4.79 Å². The highest BCUT2D eigenvalue weighted by Gasteiger charge is 2.74. The number of aliphatic carboxylic acids is 1. The Balaban J connectivity index is 0.847. The number of hydrogen-bond donors (Lipinski definition) is 20. The summed E-state index contributed by atoms with van der Waals surface area (Å²) in [6, 6.07) is 4.71. The highest BCUT2D eigenvalue weighted by Crippen LogP contribution is 2.76. The van der Waals surface area contributed by atoms with Gasteiger partial charge in [0.2, 0.25) is 6.29 Å². The number of allylic oxidation sites excluding steroid dienone is 1. The molecule has 120 heavy (non-hydrogen) atoms. The molecule has 5 aliphatic carbocycles. The Hall–Kier alpha value is -4.57. The average molecular weight is 1720 g/mol. The van der Waals surface area contributed by atoms with Gasteiger partial charge in [0.25, 0.3) is 0 Å². The molecule has 42 atom stereocenters. The Bertz CT molecular complexity index is 3760. The zero-order chi connectivity index (χ0) is 87.3. The number of aliphatic hydroxyl groups excluding tert-OH is 19. The molecule has 1 aromatic rings. The minimum atomic E-state index is -2.27. The maximum Gasteiger partial charge on any atom is 0.331 e. The molecule has 0 spiro atoms. The second-order valence-corrected chi connectivity index (χ2v) is 36.0. The van der Waals surface area contributed by atoms with Crippen LogP contribution in [0.15, 0.2) is 35.9 Å². The number of fused-ring (bicyclic) bond motifs is 7. The number of ether oxygens (including phenoxy) is 17. The van der Waals surface area contributed by atoms with Gasteiger partial charge in [0, 0.05) is 11.5 Å². The first kappa shape index (κ1) is 93.1. The van der Waals surface area contributed by atoms with Gasteiger partial charge in [-0.1, -0.05) is 45.4 Å². The fraction of sp³-hybridized carbons (Fsp3) is 0.838. The van der Waals surface area contributed by atoms with Gasteiger partial charge in [-0.05, 0) is 136 Å². The van der Waals surface area contributed by atoms with Crippen LogP contribution in [0, 0.1) is 50.2 Å². The smallest absolute Gasteiger partial charge is 0.331 e. The Morgan fingerprint density at radius 2 is 1.03 bits per heavy atom. The second-order valence-electron chi connectivity index (χ2n) is 36.0. The van der Waals surface area contributed by atoms with E-state index < -0.39 is 317 Å². The van der Waals surface area contributed by atoms with Crippen molar-refractivity contribution in [3.8, 4) is 11.5 Å². The molecule has 1 aromatic carbocycles. The molecule has 20 N–H and O–H groups in total. The molecule has 0 radical (unpaired) electrons. The highest BCUT2D eigenvalue weighted by atomic mass is 16.8. The molecule has 13 rings (SSSR count). The maximum atomic E-state index is 16.6. The molecule has 4 saturated carbocycles. The molecule has 7 heterocycles. The fourth-order valence-electron chi connectivity index (χ4n) is 21.7. The van der Waals surface area contributed by atoms with Gasteiger partial charge in [-0.25, -0.2) is 4.79 Å². The third-order valence-corrected chi connectivity index (χ3v) is 28.6. The number of methoxy groups -OCH3 is 2. The van der Waals surface area contributed by atoms with Crippen molar-refractivity contribution in [2.45, 2.75) is 315 Å². The maximum absolute atomic E-state index is 16.6. The number of benzene rings is 1. The Labute approximate surface area is 690 Å². The van der Waals surface area contributed by atoms with Gasteiger partial charge in [0.15, 0.2) is 61.4 Å². The number of aliphatic hydroxyl groups is 19. The molecule has 0 aromatic heterocycles. The number of esters is 2. The predicted octanol–water partition coefficient (Wildman–Crippen LogP) is -5.30. The van der Waals surface area contributed by atoms with Crippen LogP contribution in [0.3, 0.4) is 0 Å². The lowest BCUT2D eigenvalue weighted by molar-refractivity contribution is -0.397. The Morgan fingerprint density at radius 3 is 1.66 bits per heavy atom. The predicted molar refractivity (Wildman–Crippen MR) is 397 cm³/mol. The molecule has 0 amide bonds. The quantitative estimate of drug-likeness (QED) is 0.0211. The van der Waals surface area contributed by atoms with Gasteiger partial charge >= 0.3 is 17.9 Å². The van der Waals surface area contributed by atoms with E-state index in [0.717, 1.165) is 11.6 Å². The standard InChI is InChI=1S/C80H120O40/c1-31-60(115-68-56(97)50(91)43(29-108-68)113-66-54(95)47(88)37(85)27-106-66)53(94)58(99)69(109-31)118-64-63(117-71-59(100)62(51(92)42(26-82)112-71)116-67-55(96)48(89)38(86)28-107-67)61(114-46(87)15-11-33-10-13-39(104-8)40(22-33)105-9)32(2)110-72(64)120-74(103)79-19-18-75(3,4)23-35(79)34-12-14-44-76(5)24-36(84)65(119-70-57(98)52(93)49(90)41(25-81)111-70)78(7,73(101)102)45(76)16-17-77(44,6)80(34,30-83)21-20-79/h10-13,15,22,31-32,35-38,41-45,47-72,81-86,88-100H,14,16-21,23-30H2,1-9H3,(H,101,102)/b15-11+/t31-,32+,35-,36-,37-,38+,41+,42+,43+,44+,45+,47-,48-,49+,50-,51+,52-,53-,54+,55+,56+,57+,58+,59+,60-,61-,62-,63-,64+,65-,66-,67-,68-,69-,70-,71-,72-,76+,77+,78-,79-,80-/m0/s1. The van der Waals surface area contributed by atoms with E-state index in [2.05, 4.69) is 0 Å². The molecule has 40 nitrogen and oxygen atoms in total. The van der Waals surface area contributed by atoms with Gasteiger partial charge < -0.3 is 183 Å². The van der Waals surface area contributed by atoms with Crippen molar-refractivity contribution in [1.82, 2.24) is 0 Å². The van der Waals surface area contributed by atoms with E-state index in [1.165, 1.54) is 41.1 Å². The molecular weight excluding hydrogens is 1600 g/mol. The van der Waals surface area contributed by atoms with E-state index in [-0.39, 0.29) is 44.3 Å². The summed E-state index contributed by atoms with van der Waals surface area (Å²) in [6.07, 6.45) is -56.4. The zero-order valence-corrected chi connectivity index (χ0v) is 68.0. The van der Waals surface area contributed by atoms with Crippen LogP contribution in [0.5, 0.6) is 11.5 Å². The van der Waals surface area contributed by atoms with Gasteiger partial charge in [0.05, 0.1) is 83.0 Å². The van der Waals surface area contributed by atoms with Gasteiger partial charge in [-0.2, -0.15) is 0 Å². The third-order valence-electron chi connectivity index (χ3n) is 28.6. The van der Waals surface area contributed by atoms with Crippen molar-refractivity contribution < 1.29 is 197 Å². The number of hydrogen-bond acceptors (Lipinski definition) is 39. The topological polar surface area (TPSA) is 613 Å². The molecule has 0 bridgehead atoms.